The van der Waals surface area contributed by atoms with Crippen molar-refractivity contribution in [2.45, 2.75) is 97.5 Å². The molecule has 0 spiro atoms. The zero-order valence-corrected chi connectivity index (χ0v) is 30.1. The molecule has 1 atom stereocenters. The molecule has 3 aromatic rings. The summed E-state index contributed by atoms with van der Waals surface area (Å²) >= 11 is 1.33. The van der Waals surface area contributed by atoms with Gasteiger partial charge in [0.1, 0.15) is 33.3 Å². The van der Waals surface area contributed by atoms with Crippen molar-refractivity contribution in [1.82, 2.24) is 4.98 Å². The van der Waals surface area contributed by atoms with Crippen LogP contribution in [0.4, 0.5) is 4.39 Å². The van der Waals surface area contributed by atoms with Crippen LogP contribution < -0.4 is 0 Å². The number of aliphatic hydroxyl groups excluding tert-OH is 1. The Morgan fingerprint density at radius 3 is 2.62 bits per heavy atom. The number of rotatable bonds is 14. The lowest BCUT2D eigenvalue weighted by atomic mass is 9.91. The number of halogens is 1. The van der Waals surface area contributed by atoms with Gasteiger partial charge in [0.2, 0.25) is 0 Å². The van der Waals surface area contributed by atoms with E-state index in [2.05, 4.69) is 50.5 Å². The highest BCUT2D eigenvalue weighted by Crippen LogP contribution is 2.34. The fourth-order valence-electron chi connectivity index (χ4n) is 6.39. The van der Waals surface area contributed by atoms with Crippen LogP contribution in [0.2, 0.25) is 0 Å². The highest BCUT2D eigenvalue weighted by molar-refractivity contribution is 7.13. The maximum Gasteiger partial charge on any atom is 0.162 e. The summed E-state index contributed by atoms with van der Waals surface area (Å²) in [5, 5.41) is 20.3. The predicted octanol–water partition coefficient (Wildman–Crippen LogP) is 11.1. The molecule has 5 rings (SSSR count). The quantitative estimate of drug-likeness (QED) is 0.103. The number of nitriles is 1. The van der Waals surface area contributed by atoms with Crippen LogP contribution in [0.3, 0.4) is 0 Å². The zero-order valence-electron chi connectivity index (χ0n) is 29.3. The van der Waals surface area contributed by atoms with Crippen LogP contribution in [-0.2, 0) is 17.6 Å². The fourth-order valence-corrected chi connectivity index (χ4v) is 7.30. The number of hydrogen-bond acceptors (Lipinski definition) is 6. The van der Waals surface area contributed by atoms with E-state index in [4.69, 9.17) is 9.40 Å². The molecule has 1 unspecified atom stereocenters. The molecule has 0 fully saturated rings. The van der Waals surface area contributed by atoms with Crippen molar-refractivity contribution in [2.75, 3.05) is 0 Å². The maximum absolute atomic E-state index is 13.5. The largest absolute Gasteiger partial charge is 0.460 e. The summed E-state index contributed by atoms with van der Waals surface area (Å²) in [4.78, 5) is 18.0. The van der Waals surface area contributed by atoms with E-state index < -0.39 is 0 Å². The molecule has 2 aliphatic rings. The van der Waals surface area contributed by atoms with Crippen molar-refractivity contribution in [3.63, 3.8) is 0 Å². The Labute approximate surface area is 299 Å². The molecule has 0 radical (unpaired) electrons. The number of fused-ring (bicyclic) bond motifs is 1. The zero-order chi connectivity index (χ0) is 35.6. The average Bonchev–Trinajstić information content (AvgIpc) is 3.58. The third-order valence-electron chi connectivity index (χ3n) is 9.24. The molecule has 0 saturated heterocycles. The summed E-state index contributed by atoms with van der Waals surface area (Å²) in [6.07, 6.45) is 20.5. The molecule has 0 aliphatic heterocycles. The number of thiazole rings is 1. The van der Waals surface area contributed by atoms with Crippen LogP contribution >= 0.6 is 11.3 Å². The van der Waals surface area contributed by atoms with Gasteiger partial charge in [-0.3, -0.25) is 4.79 Å². The molecule has 5 nitrogen and oxygen atoms in total. The van der Waals surface area contributed by atoms with Gasteiger partial charge in [-0.2, -0.15) is 5.26 Å². The molecule has 1 N–H and O–H groups in total. The number of aromatic nitrogens is 1. The molecular formula is C43H45FN2O3S. The number of carbonyl (C=O) groups excluding carboxylic acids is 1. The number of Topliss-reactive ketones (excluding diaryl/α,β-unsaturated/α-hetero) is 1. The lowest BCUT2D eigenvalue weighted by Crippen LogP contribution is -2.09. The van der Waals surface area contributed by atoms with Gasteiger partial charge < -0.3 is 9.52 Å². The van der Waals surface area contributed by atoms with E-state index in [1.807, 2.05) is 25.2 Å². The number of carbonyl (C=O) groups is 1. The molecule has 258 valence electrons. The van der Waals surface area contributed by atoms with E-state index in [0.29, 0.717) is 48.2 Å². The minimum atomic E-state index is -0.377. The minimum Gasteiger partial charge on any atom is -0.460 e. The van der Waals surface area contributed by atoms with E-state index >= 15 is 0 Å². The summed E-state index contributed by atoms with van der Waals surface area (Å²) in [7, 11) is 0. The molecule has 0 saturated carbocycles. The molecule has 0 amide bonds. The third-order valence-corrected chi connectivity index (χ3v) is 10.2. The lowest BCUT2D eigenvalue weighted by molar-refractivity contribution is -0.115. The van der Waals surface area contributed by atoms with E-state index in [1.165, 1.54) is 40.2 Å². The Bertz CT molecular complexity index is 1970. The van der Waals surface area contributed by atoms with Crippen molar-refractivity contribution < 1.29 is 18.7 Å². The van der Waals surface area contributed by atoms with Crippen molar-refractivity contribution in [3.05, 3.63) is 121 Å². The van der Waals surface area contributed by atoms with E-state index in [-0.39, 0.29) is 17.7 Å². The number of nitrogens with zero attached hydrogens (tertiary/aromatic N) is 2. The molecule has 50 heavy (non-hydrogen) atoms. The van der Waals surface area contributed by atoms with Crippen LogP contribution in [0.25, 0.3) is 29.5 Å². The first-order valence-electron chi connectivity index (χ1n) is 17.5. The topological polar surface area (TPSA) is 87.1 Å². The van der Waals surface area contributed by atoms with E-state index in [1.54, 1.807) is 12.1 Å². The summed E-state index contributed by atoms with van der Waals surface area (Å²) < 4.78 is 19.8. The minimum absolute atomic E-state index is 0.0847. The molecular weight excluding hydrogens is 644 g/mol. The molecule has 0 bridgehead atoms. The van der Waals surface area contributed by atoms with Crippen LogP contribution in [-0.4, -0.2) is 22.0 Å². The Balaban J connectivity index is 1.27. The van der Waals surface area contributed by atoms with Crippen LogP contribution in [0, 0.1) is 17.1 Å². The van der Waals surface area contributed by atoms with Crippen molar-refractivity contribution in [2.24, 2.45) is 0 Å². The number of aliphatic hydroxyl groups is 1. The second-order valence-corrected chi connectivity index (χ2v) is 14.1. The predicted molar refractivity (Wildman–Crippen MR) is 202 cm³/mol. The Kier molecular flexibility index (Phi) is 12.7. The highest BCUT2D eigenvalue weighted by Gasteiger charge is 2.20. The Hall–Kier alpha value is -4.60. The second kappa shape index (κ2) is 17.4. The summed E-state index contributed by atoms with van der Waals surface area (Å²) in [5.74, 6) is 1.52. The maximum atomic E-state index is 13.5. The standard InChI is InChI=1S/C43H45FN2O3S/c1-5-35(47)21-16-29(4)38(48)26-31-12-7-10-30(11-8-13-31)24-32-14-9-15-40-37(25-32)36(39(6-2)49-40)22-28(3)23-42-46-43(41(27-45)50-42)33-17-19-34(44)20-18-33/h10,13-15,17-20,23,25,35,47H,4-8,11-12,16,21-22,24,26H2,1-3H3/b28-23-,30-10?,31-13?. The highest BCUT2D eigenvalue weighted by atomic mass is 32.1. The SMILES string of the molecule is C=C(CCC(O)CC)C(=O)CC1=CCCC(CC2=Cc3c(oc(CC)c3C/C(C)=C\c3nc(-c4ccc(F)cc4)c(C#N)s3)C=C=C2)=CCC1. The molecule has 7 heteroatoms. The third kappa shape index (κ3) is 9.55. The van der Waals surface area contributed by atoms with Gasteiger partial charge in [0.15, 0.2) is 5.78 Å². The van der Waals surface area contributed by atoms with Gasteiger partial charge in [0.25, 0.3) is 0 Å². The molecule has 2 aliphatic carbocycles. The first-order valence-corrected chi connectivity index (χ1v) is 18.3. The van der Waals surface area contributed by atoms with E-state index in [9.17, 15) is 19.6 Å². The van der Waals surface area contributed by atoms with E-state index in [0.717, 1.165) is 77.3 Å². The van der Waals surface area contributed by atoms with Gasteiger partial charge in [-0.1, -0.05) is 49.3 Å². The summed E-state index contributed by atoms with van der Waals surface area (Å²) in [5.41, 5.74) is 12.3. The van der Waals surface area contributed by atoms with Crippen LogP contribution in [0.1, 0.15) is 111 Å². The summed E-state index contributed by atoms with van der Waals surface area (Å²) in [6.45, 7) is 10.1. The molecule has 2 heterocycles. The summed E-state index contributed by atoms with van der Waals surface area (Å²) in [6, 6.07) is 8.31. The van der Waals surface area contributed by atoms with Gasteiger partial charge in [0, 0.05) is 35.6 Å². The lowest BCUT2D eigenvalue weighted by Gasteiger charge is -2.14. The van der Waals surface area contributed by atoms with Crippen molar-refractivity contribution in [3.8, 4) is 17.3 Å². The van der Waals surface area contributed by atoms with Gasteiger partial charge in [-0.25, -0.2) is 9.37 Å². The normalized spacial score (nSPS) is 15.2. The van der Waals surface area contributed by atoms with Crippen molar-refractivity contribution >= 4 is 35.3 Å². The van der Waals surface area contributed by atoms with Gasteiger partial charge >= 0.3 is 0 Å². The first kappa shape index (κ1) is 36.7. The smallest absolute Gasteiger partial charge is 0.162 e. The molecule has 2 aromatic heterocycles. The first-order chi connectivity index (χ1) is 24.2. The monoisotopic (exact) mass is 688 g/mol. The number of ketones is 1. The molecule has 1 aromatic carbocycles. The van der Waals surface area contributed by atoms with Crippen LogP contribution in [0.15, 0.2) is 87.1 Å². The number of aryl methyl sites for hydroxylation is 1. The fraction of sp³-hybridized carbons (Fsp3) is 0.349. The van der Waals surface area contributed by atoms with Gasteiger partial charge in [0.05, 0.1) is 11.8 Å². The van der Waals surface area contributed by atoms with Gasteiger partial charge in [-0.05, 0) is 118 Å². The Morgan fingerprint density at radius 2 is 1.90 bits per heavy atom. The van der Waals surface area contributed by atoms with Crippen molar-refractivity contribution in [1.29, 1.82) is 5.26 Å². The average molecular weight is 689 g/mol. The number of hydrogen-bond donors (Lipinski definition) is 1. The van der Waals surface area contributed by atoms with Crippen LogP contribution in [0.5, 0.6) is 0 Å². The number of allylic oxidation sites excluding steroid dienone is 8. The Morgan fingerprint density at radius 1 is 1.16 bits per heavy atom. The number of benzene rings is 1. The number of furan rings is 1. The second-order valence-electron chi connectivity index (χ2n) is 13.1. The van der Waals surface area contributed by atoms with Gasteiger partial charge in [-0.15, -0.1) is 17.1 Å².